The fourth-order valence-electron chi connectivity index (χ4n) is 4.46. The lowest BCUT2D eigenvalue weighted by Crippen LogP contribution is -2.42. The third kappa shape index (κ3) is 4.45. The maximum atomic E-state index is 12.9. The van der Waals surface area contributed by atoms with Gasteiger partial charge in [0.1, 0.15) is 23.0 Å². The summed E-state index contributed by atoms with van der Waals surface area (Å²) >= 11 is 0. The van der Waals surface area contributed by atoms with Crippen LogP contribution in [-0.2, 0) is 27.2 Å². The Kier molecular flexibility index (Phi) is 5.54. The Morgan fingerprint density at radius 3 is 2.61 bits per heavy atom. The fourth-order valence-corrected chi connectivity index (χ4v) is 4.46. The number of nitrogens with zero attached hydrogens (tertiary/aromatic N) is 1. The number of esters is 1. The van der Waals surface area contributed by atoms with Gasteiger partial charge in [0.05, 0.1) is 12.0 Å². The minimum absolute atomic E-state index is 0.00293. The Bertz CT molecular complexity index is 1090. The van der Waals surface area contributed by atoms with Gasteiger partial charge in [0.15, 0.2) is 0 Å². The highest BCUT2D eigenvalue weighted by atomic mass is 16.5. The standard InChI is InChI=1S/C24H29NO6/c1-14-18-11-16-5-8-24(3,4)31-20(16)13-21(18)30-23(28)19(14)12-22(27)25-9-6-17(7-10-25)29-15(2)26/h11,13,17H,5-10,12H2,1-4H3. The first kappa shape index (κ1) is 21.4. The van der Waals surface area contributed by atoms with E-state index in [1.165, 1.54) is 6.92 Å². The average Bonchev–Trinajstić information content (AvgIpc) is 2.69. The van der Waals surface area contributed by atoms with Crippen LogP contribution in [0.3, 0.4) is 0 Å². The summed E-state index contributed by atoms with van der Waals surface area (Å²) in [5.74, 6) is 0.343. The highest BCUT2D eigenvalue weighted by molar-refractivity contribution is 5.86. The summed E-state index contributed by atoms with van der Waals surface area (Å²) in [5, 5.41) is 0.845. The van der Waals surface area contributed by atoms with Gasteiger partial charge in [0, 0.05) is 44.3 Å². The molecular weight excluding hydrogens is 398 g/mol. The summed E-state index contributed by atoms with van der Waals surface area (Å²) in [6.45, 7) is 8.37. The van der Waals surface area contributed by atoms with Gasteiger partial charge in [0.2, 0.25) is 5.91 Å². The monoisotopic (exact) mass is 427 g/mol. The number of amides is 1. The normalized spacial score (nSPS) is 18.4. The minimum atomic E-state index is -0.483. The molecule has 1 aromatic heterocycles. The van der Waals surface area contributed by atoms with Crippen LogP contribution < -0.4 is 10.4 Å². The molecule has 2 aliphatic heterocycles. The molecule has 31 heavy (non-hydrogen) atoms. The lowest BCUT2D eigenvalue weighted by atomic mass is 9.92. The highest BCUT2D eigenvalue weighted by Gasteiger charge is 2.29. The first-order valence-electron chi connectivity index (χ1n) is 10.9. The van der Waals surface area contributed by atoms with Gasteiger partial charge >= 0.3 is 11.6 Å². The third-order valence-corrected chi connectivity index (χ3v) is 6.31. The van der Waals surface area contributed by atoms with Crippen molar-refractivity contribution in [3.63, 3.8) is 0 Å². The smallest absolute Gasteiger partial charge is 0.340 e. The number of hydrogen-bond acceptors (Lipinski definition) is 6. The third-order valence-electron chi connectivity index (χ3n) is 6.31. The fraction of sp³-hybridized carbons (Fsp3) is 0.542. The van der Waals surface area contributed by atoms with Crippen LogP contribution >= 0.6 is 0 Å². The molecule has 1 aromatic carbocycles. The number of aryl methyl sites for hydroxylation is 2. The van der Waals surface area contributed by atoms with Crippen molar-refractivity contribution in [1.29, 1.82) is 0 Å². The van der Waals surface area contributed by atoms with E-state index in [0.717, 1.165) is 35.1 Å². The number of likely N-dealkylation sites (tertiary alicyclic amines) is 1. The van der Waals surface area contributed by atoms with Gasteiger partial charge in [-0.05, 0) is 50.8 Å². The van der Waals surface area contributed by atoms with Crippen LogP contribution in [0.25, 0.3) is 11.0 Å². The molecule has 3 heterocycles. The van der Waals surface area contributed by atoms with Gasteiger partial charge in [-0.1, -0.05) is 0 Å². The molecular formula is C24H29NO6. The number of fused-ring (bicyclic) bond motifs is 2. The lowest BCUT2D eigenvalue weighted by Gasteiger charge is -2.32. The number of hydrogen-bond donors (Lipinski definition) is 0. The zero-order valence-electron chi connectivity index (χ0n) is 18.6. The van der Waals surface area contributed by atoms with Crippen LogP contribution in [0, 0.1) is 6.92 Å². The molecule has 7 heteroatoms. The second-order valence-electron chi connectivity index (χ2n) is 9.18. The van der Waals surface area contributed by atoms with E-state index in [0.29, 0.717) is 37.1 Å². The lowest BCUT2D eigenvalue weighted by molar-refractivity contribution is -0.149. The molecule has 166 valence electrons. The van der Waals surface area contributed by atoms with E-state index in [-0.39, 0.29) is 30.0 Å². The second kappa shape index (κ2) is 8.02. The topological polar surface area (TPSA) is 86.0 Å². The van der Waals surface area contributed by atoms with Gasteiger partial charge < -0.3 is 18.8 Å². The molecule has 0 N–H and O–H groups in total. The Labute approximate surface area is 181 Å². The Morgan fingerprint density at radius 1 is 1.23 bits per heavy atom. The van der Waals surface area contributed by atoms with Gasteiger partial charge in [-0.2, -0.15) is 0 Å². The van der Waals surface area contributed by atoms with E-state index in [1.54, 1.807) is 11.0 Å². The summed E-state index contributed by atoms with van der Waals surface area (Å²) in [6, 6.07) is 3.82. The summed E-state index contributed by atoms with van der Waals surface area (Å²) in [6.07, 6.45) is 2.88. The number of carbonyl (C=O) groups is 2. The number of benzene rings is 1. The predicted octanol–water partition coefficient (Wildman–Crippen LogP) is 3.30. The maximum absolute atomic E-state index is 12.9. The molecule has 1 amide bonds. The molecule has 2 aliphatic rings. The van der Waals surface area contributed by atoms with E-state index in [4.69, 9.17) is 13.9 Å². The Balaban J connectivity index is 1.55. The molecule has 0 saturated carbocycles. The van der Waals surface area contributed by atoms with Crippen LogP contribution in [0.1, 0.15) is 56.7 Å². The van der Waals surface area contributed by atoms with Crippen LogP contribution in [-0.4, -0.2) is 41.6 Å². The van der Waals surface area contributed by atoms with E-state index in [1.807, 2.05) is 26.8 Å². The molecule has 0 bridgehead atoms. The van der Waals surface area contributed by atoms with E-state index >= 15 is 0 Å². The summed E-state index contributed by atoms with van der Waals surface area (Å²) in [7, 11) is 0. The summed E-state index contributed by atoms with van der Waals surface area (Å²) < 4.78 is 16.9. The largest absolute Gasteiger partial charge is 0.487 e. The summed E-state index contributed by atoms with van der Waals surface area (Å²) in [4.78, 5) is 38.4. The highest BCUT2D eigenvalue weighted by Crippen LogP contribution is 2.36. The minimum Gasteiger partial charge on any atom is -0.487 e. The van der Waals surface area contributed by atoms with Crippen molar-refractivity contribution in [1.82, 2.24) is 4.90 Å². The van der Waals surface area contributed by atoms with E-state index < -0.39 is 5.63 Å². The van der Waals surface area contributed by atoms with Crippen molar-refractivity contribution in [3.8, 4) is 5.75 Å². The molecule has 0 aliphatic carbocycles. The molecule has 0 radical (unpaired) electrons. The van der Waals surface area contributed by atoms with Crippen LogP contribution in [0.15, 0.2) is 21.3 Å². The zero-order valence-corrected chi connectivity index (χ0v) is 18.6. The second-order valence-corrected chi connectivity index (χ2v) is 9.18. The number of rotatable bonds is 3. The number of carbonyl (C=O) groups excluding carboxylic acids is 2. The molecule has 1 saturated heterocycles. The Morgan fingerprint density at radius 2 is 1.94 bits per heavy atom. The van der Waals surface area contributed by atoms with Crippen LogP contribution in [0.4, 0.5) is 0 Å². The molecule has 0 atom stereocenters. The maximum Gasteiger partial charge on any atom is 0.340 e. The van der Waals surface area contributed by atoms with Gasteiger partial charge in [-0.15, -0.1) is 0 Å². The molecule has 7 nitrogen and oxygen atoms in total. The summed E-state index contributed by atoms with van der Waals surface area (Å²) in [5.41, 5.74) is 2.03. The van der Waals surface area contributed by atoms with Crippen LogP contribution in [0.5, 0.6) is 5.75 Å². The van der Waals surface area contributed by atoms with Gasteiger partial charge in [-0.25, -0.2) is 4.79 Å². The first-order chi connectivity index (χ1) is 14.6. The van der Waals surface area contributed by atoms with E-state index in [2.05, 4.69) is 0 Å². The number of ether oxygens (including phenoxy) is 2. The molecule has 1 fully saturated rings. The average molecular weight is 427 g/mol. The van der Waals surface area contributed by atoms with Crippen molar-refractivity contribution < 1.29 is 23.5 Å². The van der Waals surface area contributed by atoms with Crippen LogP contribution in [0.2, 0.25) is 0 Å². The predicted molar refractivity (Wildman–Crippen MR) is 115 cm³/mol. The zero-order chi connectivity index (χ0) is 22.3. The van der Waals surface area contributed by atoms with Crippen molar-refractivity contribution in [2.75, 3.05) is 13.1 Å². The SMILES string of the molecule is CC(=O)OC1CCN(C(=O)Cc2c(C)c3cc4c(cc3oc2=O)OC(C)(C)CC4)CC1. The van der Waals surface area contributed by atoms with Crippen molar-refractivity contribution in [3.05, 3.63) is 39.2 Å². The molecule has 0 unspecified atom stereocenters. The first-order valence-corrected chi connectivity index (χ1v) is 10.9. The van der Waals surface area contributed by atoms with Crippen molar-refractivity contribution in [2.24, 2.45) is 0 Å². The number of piperidine rings is 1. The Hall–Kier alpha value is -2.83. The molecule has 0 spiro atoms. The van der Waals surface area contributed by atoms with E-state index in [9.17, 15) is 14.4 Å². The van der Waals surface area contributed by atoms with Gasteiger partial charge in [0.25, 0.3) is 0 Å². The quantitative estimate of drug-likeness (QED) is 0.552. The molecule has 2 aromatic rings. The molecule has 4 rings (SSSR count). The van der Waals surface area contributed by atoms with Crippen molar-refractivity contribution >= 4 is 22.8 Å². The van der Waals surface area contributed by atoms with Crippen molar-refractivity contribution in [2.45, 2.75) is 71.5 Å². The van der Waals surface area contributed by atoms with Gasteiger partial charge in [-0.3, -0.25) is 9.59 Å².